The van der Waals surface area contributed by atoms with Gasteiger partial charge >= 0.3 is 0 Å². The average Bonchev–Trinajstić information content (AvgIpc) is 2.68. The molecule has 0 N–H and O–H groups in total. The molecule has 2 aromatic carbocycles. The lowest BCUT2D eigenvalue weighted by atomic mass is 10.1. The maximum Gasteiger partial charge on any atom is 0.264 e. The van der Waals surface area contributed by atoms with E-state index in [2.05, 4.69) is 13.2 Å². The first kappa shape index (κ1) is 20.8. The molecule has 0 fully saturated rings. The SMILES string of the molecule is C=CCCCC(C=C)N(c1ccc(C)cc1)S(=O)(=O)c1ccc(OC)cc1. The molecule has 0 amide bonds. The van der Waals surface area contributed by atoms with Gasteiger partial charge in [0.1, 0.15) is 5.75 Å². The van der Waals surface area contributed by atoms with Crippen LogP contribution >= 0.6 is 0 Å². The third kappa shape index (κ3) is 5.01. The zero-order chi connectivity index (χ0) is 19.9. The minimum absolute atomic E-state index is 0.222. The number of allylic oxidation sites excluding steroid dienone is 1. The van der Waals surface area contributed by atoms with Gasteiger partial charge in [0.2, 0.25) is 0 Å². The zero-order valence-electron chi connectivity index (χ0n) is 16.0. The highest BCUT2D eigenvalue weighted by atomic mass is 32.2. The van der Waals surface area contributed by atoms with Crippen molar-refractivity contribution in [2.75, 3.05) is 11.4 Å². The zero-order valence-corrected chi connectivity index (χ0v) is 16.8. The summed E-state index contributed by atoms with van der Waals surface area (Å²) in [7, 11) is -2.21. The third-order valence-electron chi connectivity index (χ3n) is 4.39. The number of methoxy groups -OCH3 is 1. The van der Waals surface area contributed by atoms with Gasteiger partial charge in [-0.2, -0.15) is 0 Å². The molecule has 0 aliphatic heterocycles. The van der Waals surface area contributed by atoms with Gasteiger partial charge in [-0.25, -0.2) is 8.42 Å². The highest BCUT2D eigenvalue weighted by Crippen LogP contribution is 2.29. The molecule has 0 radical (unpaired) electrons. The minimum atomic E-state index is -3.76. The number of aryl methyl sites for hydroxylation is 1. The second kappa shape index (κ2) is 9.42. The van der Waals surface area contributed by atoms with Crippen LogP contribution in [0.4, 0.5) is 5.69 Å². The van der Waals surface area contributed by atoms with Gasteiger partial charge < -0.3 is 4.74 Å². The van der Waals surface area contributed by atoms with E-state index in [1.807, 2.05) is 37.3 Å². The van der Waals surface area contributed by atoms with E-state index in [0.29, 0.717) is 17.9 Å². The molecule has 0 spiro atoms. The Bertz CT molecular complexity index is 855. The number of hydrogen-bond acceptors (Lipinski definition) is 3. The van der Waals surface area contributed by atoms with Crippen molar-refractivity contribution in [1.82, 2.24) is 0 Å². The molecule has 0 heterocycles. The Labute approximate surface area is 162 Å². The fourth-order valence-electron chi connectivity index (χ4n) is 2.86. The van der Waals surface area contributed by atoms with Crippen LogP contribution in [0.1, 0.15) is 24.8 Å². The fourth-order valence-corrected chi connectivity index (χ4v) is 4.52. The summed E-state index contributed by atoms with van der Waals surface area (Å²) in [5, 5.41) is 0. The first-order valence-electron chi connectivity index (χ1n) is 8.92. The number of unbranched alkanes of at least 4 members (excludes halogenated alkanes) is 1. The van der Waals surface area contributed by atoms with Crippen molar-refractivity contribution in [3.05, 3.63) is 79.4 Å². The summed E-state index contributed by atoms with van der Waals surface area (Å²) in [5.41, 5.74) is 1.70. The van der Waals surface area contributed by atoms with Crippen LogP contribution < -0.4 is 9.04 Å². The summed E-state index contributed by atoms with van der Waals surface area (Å²) >= 11 is 0. The lowest BCUT2D eigenvalue weighted by molar-refractivity contribution is 0.414. The summed E-state index contributed by atoms with van der Waals surface area (Å²) in [6.45, 7) is 9.60. The lowest BCUT2D eigenvalue weighted by Crippen LogP contribution is -2.39. The van der Waals surface area contributed by atoms with Crippen molar-refractivity contribution >= 4 is 15.7 Å². The Morgan fingerprint density at radius 2 is 1.70 bits per heavy atom. The molecule has 2 rings (SSSR count). The summed E-state index contributed by atoms with van der Waals surface area (Å²) in [6, 6.07) is 13.6. The van der Waals surface area contributed by atoms with Crippen LogP contribution in [-0.2, 0) is 10.0 Å². The van der Waals surface area contributed by atoms with E-state index in [4.69, 9.17) is 4.74 Å². The van der Waals surface area contributed by atoms with Crippen molar-refractivity contribution in [1.29, 1.82) is 0 Å². The van der Waals surface area contributed by atoms with Crippen LogP contribution in [0.15, 0.2) is 78.7 Å². The lowest BCUT2D eigenvalue weighted by Gasteiger charge is -2.31. The van der Waals surface area contributed by atoms with E-state index in [0.717, 1.165) is 18.4 Å². The Morgan fingerprint density at radius 1 is 1.07 bits per heavy atom. The van der Waals surface area contributed by atoms with E-state index in [-0.39, 0.29) is 10.9 Å². The van der Waals surface area contributed by atoms with Crippen molar-refractivity contribution in [2.45, 2.75) is 37.1 Å². The second-order valence-corrected chi connectivity index (χ2v) is 8.15. The quantitative estimate of drug-likeness (QED) is 0.422. The number of ether oxygens (including phenoxy) is 1. The number of benzene rings is 2. The summed E-state index contributed by atoms with van der Waals surface area (Å²) in [5.74, 6) is 0.613. The molecule has 0 saturated heterocycles. The highest BCUT2D eigenvalue weighted by molar-refractivity contribution is 7.92. The molecule has 2 aromatic rings. The van der Waals surface area contributed by atoms with Crippen molar-refractivity contribution in [3.8, 4) is 5.75 Å². The first-order valence-corrected chi connectivity index (χ1v) is 10.4. The molecule has 0 aliphatic carbocycles. The Kier molecular flexibility index (Phi) is 7.25. The summed E-state index contributed by atoms with van der Waals surface area (Å²) < 4.78 is 33.5. The molecule has 0 bridgehead atoms. The molecular formula is C22H27NO3S. The smallest absolute Gasteiger partial charge is 0.264 e. The van der Waals surface area contributed by atoms with Crippen molar-refractivity contribution in [3.63, 3.8) is 0 Å². The molecule has 27 heavy (non-hydrogen) atoms. The van der Waals surface area contributed by atoms with Crippen molar-refractivity contribution in [2.24, 2.45) is 0 Å². The van der Waals surface area contributed by atoms with Crippen molar-refractivity contribution < 1.29 is 13.2 Å². The van der Waals surface area contributed by atoms with Gasteiger partial charge in [-0.1, -0.05) is 29.8 Å². The molecule has 0 saturated carbocycles. The molecule has 1 atom stereocenters. The van der Waals surface area contributed by atoms with Gasteiger partial charge in [0.25, 0.3) is 10.0 Å². The summed E-state index contributed by atoms with van der Waals surface area (Å²) in [6.07, 6.45) is 5.87. The molecule has 1 unspecified atom stereocenters. The standard InChI is InChI=1S/C22H27NO3S/c1-5-7-8-9-19(6-2)23(20-12-10-18(3)11-13-20)27(24,25)22-16-14-21(26-4)15-17-22/h5-6,10-17,19H,1-2,7-9H2,3-4H3. The maximum atomic E-state index is 13.5. The van der Waals surface area contributed by atoms with Gasteiger partial charge in [0.05, 0.1) is 23.7 Å². The average molecular weight is 386 g/mol. The normalized spacial score (nSPS) is 12.2. The van der Waals surface area contributed by atoms with E-state index >= 15 is 0 Å². The van der Waals surface area contributed by atoms with Crippen LogP contribution in [-0.4, -0.2) is 21.6 Å². The van der Waals surface area contributed by atoms with E-state index < -0.39 is 10.0 Å². The number of rotatable bonds is 10. The van der Waals surface area contributed by atoms with Crippen LogP contribution in [0, 0.1) is 6.92 Å². The van der Waals surface area contributed by atoms with Gasteiger partial charge in [-0.05, 0) is 62.6 Å². The molecule has 0 aromatic heterocycles. The first-order chi connectivity index (χ1) is 12.9. The molecule has 5 heteroatoms. The van der Waals surface area contributed by atoms with E-state index in [1.165, 1.54) is 4.31 Å². The molecular weight excluding hydrogens is 358 g/mol. The fraction of sp³-hybridized carbons (Fsp3) is 0.273. The van der Waals surface area contributed by atoms with Gasteiger partial charge in [0.15, 0.2) is 0 Å². The van der Waals surface area contributed by atoms with E-state index in [9.17, 15) is 8.42 Å². The predicted molar refractivity (Wildman–Crippen MR) is 112 cm³/mol. The van der Waals surface area contributed by atoms with E-state index in [1.54, 1.807) is 37.5 Å². The predicted octanol–water partition coefficient (Wildman–Crippen LogP) is 5.11. The van der Waals surface area contributed by atoms with Gasteiger partial charge in [0, 0.05) is 0 Å². The minimum Gasteiger partial charge on any atom is -0.497 e. The summed E-state index contributed by atoms with van der Waals surface area (Å²) in [4.78, 5) is 0.222. The topological polar surface area (TPSA) is 46.6 Å². The van der Waals surface area contributed by atoms with Crippen LogP contribution in [0.5, 0.6) is 5.75 Å². The molecule has 4 nitrogen and oxygen atoms in total. The molecule has 0 aliphatic rings. The highest BCUT2D eigenvalue weighted by Gasteiger charge is 2.30. The Hall–Kier alpha value is -2.53. The third-order valence-corrected chi connectivity index (χ3v) is 6.25. The largest absolute Gasteiger partial charge is 0.497 e. The monoisotopic (exact) mass is 385 g/mol. The second-order valence-electron chi connectivity index (χ2n) is 6.33. The number of anilines is 1. The van der Waals surface area contributed by atoms with Gasteiger partial charge in [-0.15, -0.1) is 13.2 Å². The van der Waals surface area contributed by atoms with Crippen LogP contribution in [0.25, 0.3) is 0 Å². The van der Waals surface area contributed by atoms with Gasteiger partial charge in [-0.3, -0.25) is 4.31 Å². The number of nitrogens with zero attached hydrogens (tertiary/aromatic N) is 1. The number of hydrogen-bond donors (Lipinski definition) is 0. The number of sulfonamides is 1. The Balaban J connectivity index is 2.49. The maximum absolute atomic E-state index is 13.5. The Morgan fingerprint density at radius 3 is 2.22 bits per heavy atom. The molecule has 144 valence electrons. The van der Waals surface area contributed by atoms with Crippen LogP contribution in [0.2, 0.25) is 0 Å². The van der Waals surface area contributed by atoms with Crippen LogP contribution in [0.3, 0.4) is 0 Å².